The smallest absolute Gasteiger partial charge is 0.267 e. The Kier molecular flexibility index (Phi) is 2.66. The zero-order chi connectivity index (χ0) is 19.8. The van der Waals surface area contributed by atoms with Gasteiger partial charge < -0.3 is 0 Å². The Morgan fingerprint density at radius 2 is 0.556 bits per heavy atom. The molecule has 0 N–H and O–H groups in total. The van der Waals surface area contributed by atoms with Crippen molar-refractivity contribution in [2.75, 3.05) is 0 Å². The monoisotopic (exact) mass is 360 g/mol. The van der Waals surface area contributed by atoms with Crippen LogP contribution in [-0.2, 0) is 0 Å². The molecule has 4 aromatic rings. The third-order valence-corrected chi connectivity index (χ3v) is 4.30. The van der Waals surface area contributed by atoms with Gasteiger partial charge in [0, 0.05) is 0 Å². The molecule has 0 aliphatic carbocycles. The summed E-state index contributed by atoms with van der Waals surface area (Å²) in [6, 6.07) is 0. The quantitative estimate of drug-likeness (QED) is 0.315. The van der Waals surface area contributed by atoms with E-state index >= 15 is 0 Å². The van der Waals surface area contributed by atoms with E-state index in [0.717, 1.165) is 0 Å². The Morgan fingerprint density at radius 3 is 0.667 bits per heavy atom. The van der Waals surface area contributed by atoms with Crippen molar-refractivity contribution < 1.29 is 0 Å². The van der Waals surface area contributed by atoms with Gasteiger partial charge in [0.2, 0.25) is 0 Å². The number of nitrogens with zero attached hydrogens (tertiary/aromatic N) is 6. The van der Waals surface area contributed by atoms with Crippen LogP contribution in [-0.4, -0.2) is 13.7 Å². The van der Waals surface area contributed by atoms with Gasteiger partial charge in [-0.3, -0.25) is 28.8 Å². The highest BCUT2D eigenvalue weighted by atomic mass is 16.2. The highest BCUT2D eigenvalue weighted by Crippen LogP contribution is 2.25. The average Bonchev–Trinajstić information content (AvgIpc) is 3.14. The van der Waals surface area contributed by atoms with Crippen molar-refractivity contribution in [2.24, 2.45) is 0 Å². The molecule has 4 rings (SSSR count). The zero-order valence-electron chi connectivity index (χ0n) is 12.6. The summed E-state index contributed by atoms with van der Waals surface area (Å²) < 4.78 is 0.139. The second kappa shape index (κ2) is 4.59. The molecule has 27 heavy (non-hydrogen) atoms. The molecule has 3 heterocycles. The lowest BCUT2D eigenvalue weighted by Gasteiger charge is -1.92. The topological polar surface area (TPSA) is 189 Å². The lowest BCUT2D eigenvalue weighted by Crippen LogP contribution is -2.22. The summed E-state index contributed by atoms with van der Waals surface area (Å²) in [5, 5.41) is 22.7. The van der Waals surface area contributed by atoms with Crippen molar-refractivity contribution in [2.45, 2.75) is 0 Å². The third kappa shape index (κ3) is 1.44. The van der Waals surface area contributed by atoms with E-state index in [1.54, 1.807) is 0 Å². The number of rotatable bonds is 0. The molecular formula is C15N6O6. The maximum Gasteiger partial charge on any atom is 0.275 e. The fourth-order valence-electron chi connectivity index (χ4n) is 3.25. The number of aromatic nitrogens is 3. The highest BCUT2D eigenvalue weighted by Gasteiger charge is 2.30. The molecule has 12 nitrogen and oxygen atoms in total. The van der Waals surface area contributed by atoms with Crippen LogP contribution in [0.5, 0.6) is 0 Å². The molecule has 12 heteroatoms. The Morgan fingerprint density at radius 1 is 0.407 bits per heavy atom. The van der Waals surface area contributed by atoms with Crippen molar-refractivity contribution in [1.82, 2.24) is 13.7 Å². The first-order valence-electron chi connectivity index (χ1n) is 6.91. The van der Waals surface area contributed by atoms with Crippen molar-refractivity contribution in [1.29, 1.82) is 15.8 Å². The van der Waals surface area contributed by atoms with Crippen LogP contribution in [0, 0.1) is 34.4 Å². The van der Waals surface area contributed by atoms with Crippen LogP contribution < -0.4 is 33.4 Å². The largest absolute Gasteiger partial charge is 0.275 e. The van der Waals surface area contributed by atoms with Crippen LogP contribution in [0.3, 0.4) is 0 Å². The van der Waals surface area contributed by atoms with Crippen LogP contribution >= 0.6 is 0 Å². The third-order valence-electron chi connectivity index (χ3n) is 4.30. The van der Waals surface area contributed by atoms with Crippen molar-refractivity contribution in [3.8, 4) is 18.6 Å². The minimum atomic E-state index is -1.28. The van der Waals surface area contributed by atoms with Gasteiger partial charge >= 0.3 is 0 Å². The Balaban J connectivity index is 2.75. The maximum absolute atomic E-state index is 12.4. The molecule has 0 aliphatic rings. The minimum Gasteiger partial charge on any atom is -0.267 e. The Labute approximate surface area is 143 Å². The van der Waals surface area contributed by atoms with Gasteiger partial charge in [0.25, 0.3) is 33.4 Å². The Hall–Kier alpha value is -4.89. The van der Waals surface area contributed by atoms with E-state index in [4.69, 9.17) is 15.8 Å². The summed E-state index contributed by atoms with van der Waals surface area (Å²) in [5.41, 5.74) is -7.70. The molecule has 0 aliphatic heterocycles. The molecule has 0 saturated heterocycles. The lowest BCUT2D eigenvalue weighted by atomic mass is 10.0. The molecule has 0 bridgehead atoms. The molecule has 0 unspecified atom stereocenters. The van der Waals surface area contributed by atoms with Gasteiger partial charge in [-0.15, -0.1) is 0 Å². The maximum atomic E-state index is 12.4. The first-order chi connectivity index (χ1) is 12.8. The predicted octanol–water partition coefficient (Wildman–Crippen LogP) is -2.99. The summed E-state index contributed by atoms with van der Waals surface area (Å²) in [7, 11) is 0. The predicted molar refractivity (Wildman–Crippen MR) is 87.1 cm³/mol. The molecule has 0 atom stereocenters. The van der Waals surface area contributed by atoms with Gasteiger partial charge in [0.1, 0.15) is 0 Å². The van der Waals surface area contributed by atoms with Gasteiger partial charge in [-0.05, 0) is 0 Å². The van der Waals surface area contributed by atoms with Gasteiger partial charge in [0.05, 0.1) is 32.3 Å². The minimum absolute atomic E-state index is 0.0464. The van der Waals surface area contributed by atoms with Gasteiger partial charge in [-0.2, -0.15) is 29.5 Å². The summed E-state index contributed by atoms with van der Waals surface area (Å²) in [4.78, 5) is 74.6. The summed E-state index contributed by atoms with van der Waals surface area (Å²) in [6.45, 7) is 0. The first-order valence-corrected chi connectivity index (χ1v) is 6.91. The van der Waals surface area contributed by atoms with Crippen LogP contribution in [0.2, 0.25) is 0 Å². The van der Waals surface area contributed by atoms with Crippen molar-refractivity contribution in [3.63, 3.8) is 0 Å². The van der Waals surface area contributed by atoms with Crippen molar-refractivity contribution in [3.05, 3.63) is 62.1 Å². The molecule has 0 amide bonds. The summed E-state index contributed by atoms with van der Waals surface area (Å²) in [5.74, 6) is 0. The van der Waals surface area contributed by atoms with Gasteiger partial charge in [0.15, 0.2) is 18.6 Å². The molecule has 1 aromatic carbocycles. The SMILES string of the molecule is N#Cn1c(=O)c2c3c(=O)n(C#N)c(=O)c3c3c(=O)n(C#N)c(=O)c3c2c1=O. The zero-order valence-corrected chi connectivity index (χ0v) is 12.6. The number of nitriles is 3. The standard InChI is InChI=1S/C15N6O6/c16-1-19-10(22)4-5(11(19)23)7-9(15(27)21(3-18)13(7)25)8-6(4)12(24)20(2-17)14(8)26. The number of hydrogen-bond donors (Lipinski definition) is 0. The molecule has 126 valence electrons. The van der Waals surface area contributed by atoms with Crippen molar-refractivity contribution >= 4 is 32.3 Å². The summed E-state index contributed by atoms with van der Waals surface area (Å²) in [6.07, 6.45) is 3.84. The number of hydrogen-bond acceptors (Lipinski definition) is 9. The fraction of sp³-hybridized carbons (Fsp3) is 0. The normalized spacial score (nSPS) is 11.0. The van der Waals surface area contributed by atoms with E-state index in [9.17, 15) is 28.8 Å². The van der Waals surface area contributed by atoms with E-state index in [2.05, 4.69) is 0 Å². The summed E-state index contributed by atoms with van der Waals surface area (Å²) >= 11 is 0. The van der Waals surface area contributed by atoms with E-state index in [1.807, 2.05) is 0 Å². The first kappa shape index (κ1) is 15.6. The van der Waals surface area contributed by atoms with Crippen LogP contribution in [0.4, 0.5) is 0 Å². The molecular weight excluding hydrogens is 360 g/mol. The van der Waals surface area contributed by atoms with Crippen LogP contribution in [0.25, 0.3) is 32.3 Å². The average molecular weight is 360 g/mol. The number of benzene rings is 1. The molecule has 0 saturated carbocycles. The van der Waals surface area contributed by atoms with E-state index < -0.39 is 65.7 Å². The molecule has 0 fully saturated rings. The van der Waals surface area contributed by atoms with E-state index in [1.165, 1.54) is 18.6 Å². The van der Waals surface area contributed by atoms with Gasteiger partial charge in [-0.25, -0.2) is 0 Å². The van der Waals surface area contributed by atoms with Crippen LogP contribution in [0.15, 0.2) is 28.8 Å². The highest BCUT2D eigenvalue weighted by molar-refractivity contribution is 6.25. The fourth-order valence-corrected chi connectivity index (χ4v) is 3.25. The lowest BCUT2D eigenvalue weighted by molar-refractivity contribution is 1.01. The van der Waals surface area contributed by atoms with E-state index in [0.29, 0.717) is 0 Å². The molecule has 0 radical (unpaired) electrons. The second-order valence-corrected chi connectivity index (χ2v) is 5.39. The second-order valence-electron chi connectivity index (χ2n) is 5.39. The molecule has 3 aromatic heterocycles. The van der Waals surface area contributed by atoms with E-state index in [-0.39, 0.29) is 13.7 Å². The Bertz CT molecular complexity index is 1470. The van der Waals surface area contributed by atoms with Crippen LogP contribution in [0.1, 0.15) is 0 Å². The molecule has 0 spiro atoms. The number of fused-ring (bicyclic) bond motifs is 6. The van der Waals surface area contributed by atoms with Gasteiger partial charge in [-0.1, -0.05) is 0 Å².